The third kappa shape index (κ3) is 4.89. The number of para-hydroxylation sites is 1. The minimum absolute atomic E-state index is 0.0462. The summed E-state index contributed by atoms with van der Waals surface area (Å²) in [5.74, 6) is -0.651. The van der Waals surface area contributed by atoms with Gasteiger partial charge in [-0.2, -0.15) is 0 Å². The van der Waals surface area contributed by atoms with Crippen molar-refractivity contribution in [2.75, 3.05) is 37.6 Å². The summed E-state index contributed by atoms with van der Waals surface area (Å²) < 4.78 is 27.7. The van der Waals surface area contributed by atoms with Crippen LogP contribution >= 0.6 is 0 Å². The number of rotatable bonds is 7. The number of carbonyl (C=O) groups is 1. The van der Waals surface area contributed by atoms with Crippen LogP contribution in [0.25, 0.3) is 0 Å². The van der Waals surface area contributed by atoms with Crippen molar-refractivity contribution in [2.24, 2.45) is 5.73 Å². The zero-order valence-electron chi connectivity index (χ0n) is 15.9. The predicted octanol–water partition coefficient (Wildman–Crippen LogP) is 1.27. The molecule has 3 N–H and O–H groups in total. The SMILES string of the molecule is CC(CNS(=O)(=O)c1cccc(C(N)=O)c1)N1CCN(c2ccccc2)CC1. The Kier molecular flexibility index (Phi) is 6.33. The van der Waals surface area contributed by atoms with E-state index < -0.39 is 15.9 Å². The minimum Gasteiger partial charge on any atom is -0.369 e. The van der Waals surface area contributed by atoms with Gasteiger partial charge in [0.25, 0.3) is 0 Å². The Morgan fingerprint density at radius 2 is 1.75 bits per heavy atom. The van der Waals surface area contributed by atoms with E-state index >= 15 is 0 Å². The lowest BCUT2D eigenvalue weighted by Gasteiger charge is -2.39. The van der Waals surface area contributed by atoms with E-state index in [1.54, 1.807) is 0 Å². The summed E-state index contributed by atoms with van der Waals surface area (Å²) in [4.78, 5) is 15.9. The van der Waals surface area contributed by atoms with Crippen LogP contribution in [0, 0.1) is 0 Å². The third-order valence-electron chi connectivity index (χ3n) is 5.06. The maximum absolute atomic E-state index is 12.5. The van der Waals surface area contributed by atoms with Crippen molar-refractivity contribution < 1.29 is 13.2 Å². The highest BCUT2D eigenvalue weighted by Crippen LogP contribution is 2.17. The van der Waals surface area contributed by atoms with E-state index in [9.17, 15) is 13.2 Å². The van der Waals surface area contributed by atoms with Crippen molar-refractivity contribution in [3.8, 4) is 0 Å². The second-order valence-electron chi connectivity index (χ2n) is 6.95. The Morgan fingerprint density at radius 3 is 2.39 bits per heavy atom. The van der Waals surface area contributed by atoms with Gasteiger partial charge >= 0.3 is 0 Å². The summed E-state index contributed by atoms with van der Waals surface area (Å²) in [5, 5.41) is 0. The van der Waals surface area contributed by atoms with Gasteiger partial charge in [0.15, 0.2) is 0 Å². The Labute approximate surface area is 166 Å². The van der Waals surface area contributed by atoms with E-state index in [1.807, 2.05) is 25.1 Å². The fraction of sp³-hybridized carbons (Fsp3) is 0.350. The molecule has 0 radical (unpaired) electrons. The number of nitrogens with zero attached hydrogens (tertiary/aromatic N) is 2. The Morgan fingerprint density at radius 1 is 1.07 bits per heavy atom. The highest BCUT2D eigenvalue weighted by atomic mass is 32.2. The van der Waals surface area contributed by atoms with Gasteiger partial charge in [-0.25, -0.2) is 13.1 Å². The van der Waals surface area contributed by atoms with Crippen LogP contribution in [0.2, 0.25) is 0 Å². The van der Waals surface area contributed by atoms with Crippen LogP contribution in [-0.4, -0.2) is 58.0 Å². The molecule has 1 unspecified atom stereocenters. The fourth-order valence-corrected chi connectivity index (χ4v) is 4.49. The first-order chi connectivity index (χ1) is 13.4. The average molecular weight is 403 g/mol. The molecule has 0 bridgehead atoms. The molecule has 1 fully saturated rings. The molecule has 3 rings (SSSR count). The number of amides is 1. The molecule has 0 spiro atoms. The number of hydrogen-bond donors (Lipinski definition) is 2. The molecule has 150 valence electrons. The molecule has 2 aromatic rings. The number of nitrogens with one attached hydrogen (secondary N) is 1. The quantitative estimate of drug-likeness (QED) is 0.727. The second-order valence-corrected chi connectivity index (χ2v) is 8.72. The standard InChI is InChI=1S/C20H26N4O3S/c1-16(23-10-12-24(13-11-23)18-7-3-2-4-8-18)15-22-28(26,27)19-9-5-6-17(14-19)20(21)25/h2-9,14,16,22H,10-13,15H2,1H3,(H2,21,25). The molecule has 1 atom stereocenters. The van der Waals surface area contributed by atoms with Gasteiger partial charge in [0.2, 0.25) is 15.9 Å². The molecule has 0 aliphatic carbocycles. The van der Waals surface area contributed by atoms with E-state index in [0.29, 0.717) is 6.54 Å². The van der Waals surface area contributed by atoms with Crippen LogP contribution in [0.1, 0.15) is 17.3 Å². The number of hydrogen-bond acceptors (Lipinski definition) is 5. The fourth-order valence-electron chi connectivity index (χ4n) is 3.32. The first-order valence-electron chi connectivity index (χ1n) is 9.30. The zero-order chi connectivity index (χ0) is 20.1. The van der Waals surface area contributed by atoms with Crippen LogP contribution in [0.3, 0.4) is 0 Å². The Balaban J connectivity index is 1.55. The number of sulfonamides is 1. The van der Waals surface area contributed by atoms with Gasteiger partial charge in [-0.15, -0.1) is 0 Å². The van der Waals surface area contributed by atoms with Crippen LogP contribution < -0.4 is 15.4 Å². The highest BCUT2D eigenvalue weighted by molar-refractivity contribution is 7.89. The monoisotopic (exact) mass is 402 g/mol. The topological polar surface area (TPSA) is 95.7 Å². The predicted molar refractivity (Wildman–Crippen MR) is 110 cm³/mol. The van der Waals surface area contributed by atoms with Gasteiger partial charge in [0, 0.05) is 50.0 Å². The average Bonchev–Trinajstić information content (AvgIpc) is 2.73. The van der Waals surface area contributed by atoms with Crippen molar-refractivity contribution in [2.45, 2.75) is 17.9 Å². The summed E-state index contributed by atoms with van der Waals surface area (Å²) in [5.41, 5.74) is 6.62. The molecule has 1 heterocycles. The normalized spacial score (nSPS) is 16.7. The summed E-state index contributed by atoms with van der Waals surface area (Å²) in [6.45, 7) is 5.86. The summed E-state index contributed by atoms with van der Waals surface area (Å²) in [6.07, 6.45) is 0. The zero-order valence-corrected chi connectivity index (χ0v) is 16.7. The number of carbonyl (C=O) groups excluding carboxylic acids is 1. The Bertz CT molecular complexity index is 910. The number of nitrogens with two attached hydrogens (primary N) is 1. The lowest BCUT2D eigenvalue weighted by Crippen LogP contribution is -2.52. The van der Waals surface area contributed by atoms with E-state index in [1.165, 1.54) is 30.0 Å². The number of anilines is 1. The van der Waals surface area contributed by atoms with Crippen LogP contribution in [0.4, 0.5) is 5.69 Å². The lowest BCUT2D eigenvalue weighted by atomic mass is 10.2. The van der Waals surface area contributed by atoms with E-state index in [0.717, 1.165) is 26.2 Å². The molecule has 0 aromatic heterocycles. The summed E-state index contributed by atoms with van der Waals surface area (Å²) >= 11 is 0. The molecular formula is C20H26N4O3S. The molecule has 28 heavy (non-hydrogen) atoms. The van der Waals surface area contributed by atoms with Gasteiger partial charge in [-0.3, -0.25) is 9.69 Å². The molecular weight excluding hydrogens is 376 g/mol. The molecule has 1 saturated heterocycles. The maximum Gasteiger partial charge on any atom is 0.248 e. The minimum atomic E-state index is -3.70. The van der Waals surface area contributed by atoms with Crippen molar-refractivity contribution >= 4 is 21.6 Å². The molecule has 8 heteroatoms. The van der Waals surface area contributed by atoms with E-state index in [4.69, 9.17) is 5.73 Å². The van der Waals surface area contributed by atoms with Crippen molar-refractivity contribution in [3.05, 3.63) is 60.2 Å². The van der Waals surface area contributed by atoms with Crippen molar-refractivity contribution in [1.82, 2.24) is 9.62 Å². The highest BCUT2D eigenvalue weighted by Gasteiger charge is 2.23. The summed E-state index contributed by atoms with van der Waals surface area (Å²) in [6, 6.07) is 16.1. The molecule has 7 nitrogen and oxygen atoms in total. The molecule has 1 amide bonds. The van der Waals surface area contributed by atoms with Crippen LogP contribution in [0.5, 0.6) is 0 Å². The number of primary amides is 1. The number of piperazine rings is 1. The molecule has 0 saturated carbocycles. The third-order valence-corrected chi connectivity index (χ3v) is 6.48. The Hall–Kier alpha value is -2.42. The second kappa shape index (κ2) is 8.72. The largest absolute Gasteiger partial charge is 0.369 e. The van der Waals surface area contributed by atoms with Crippen LogP contribution in [0.15, 0.2) is 59.5 Å². The van der Waals surface area contributed by atoms with Gasteiger partial charge < -0.3 is 10.6 Å². The molecule has 1 aliphatic heterocycles. The first-order valence-corrected chi connectivity index (χ1v) is 10.8. The smallest absolute Gasteiger partial charge is 0.248 e. The van der Waals surface area contributed by atoms with Gasteiger partial charge in [-0.1, -0.05) is 24.3 Å². The number of benzene rings is 2. The summed E-state index contributed by atoms with van der Waals surface area (Å²) in [7, 11) is -3.70. The first kappa shape index (κ1) is 20.3. The van der Waals surface area contributed by atoms with E-state index in [-0.39, 0.29) is 16.5 Å². The molecule has 2 aromatic carbocycles. The molecule has 1 aliphatic rings. The lowest BCUT2D eigenvalue weighted by molar-refractivity contribution is 0.1000. The van der Waals surface area contributed by atoms with Gasteiger partial charge in [-0.05, 0) is 37.3 Å². The van der Waals surface area contributed by atoms with Gasteiger partial charge in [0.1, 0.15) is 0 Å². The van der Waals surface area contributed by atoms with Gasteiger partial charge in [0.05, 0.1) is 4.90 Å². The van der Waals surface area contributed by atoms with Crippen molar-refractivity contribution in [1.29, 1.82) is 0 Å². The maximum atomic E-state index is 12.5. The van der Waals surface area contributed by atoms with E-state index in [2.05, 4.69) is 26.7 Å². The van der Waals surface area contributed by atoms with Crippen molar-refractivity contribution in [3.63, 3.8) is 0 Å². The van der Waals surface area contributed by atoms with Crippen LogP contribution in [-0.2, 0) is 10.0 Å².